The maximum atomic E-state index is 12.1. The summed E-state index contributed by atoms with van der Waals surface area (Å²) in [6.07, 6.45) is 30.1. The van der Waals surface area contributed by atoms with Crippen LogP contribution in [-0.4, -0.2) is 58.8 Å². The number of aliphatic hydroxyl groups is 3. The molecule has 0 aliphatic rings. The molecule has 0 saturated heterocycles. The molecule has 7 heteroatoms. The van der Waals surface area contributed by atoms with Gasteiger partial charge in [-0.15, -0.1) is 0 Å². The van der Waals surface area contributed by atoms with Crippen molar-refractivity contribution in [3.05, 3.63) is 12.2 Å². The maximum absolute atomic E-state index is 12.1. The summed E-state index contributed by atoms with van der Waals surface area (Å²) in [7, 11) is 0. The summed E-state index contributed by atoms with van der Waals surface area (Å²) in [4.78, 5) is 24.2. The third-order valence-electron chi connectivity index (χ3n) is 8.51. The van der Waals surface area contributed by atoms with Crippen LogP contribution in [0, 0.1) is 0 Å². The highest BCUT2D eigenvalue weighted by atomic mass is 16.6. The van der Waals surface area contributed by atoms with Gasteiger partial charge in [0.05, 0.1) is 18.8 Å². The van der Waals surface area contributed by atoms with E-state index >= 15 is 0 Å². The molecule has 0 radical (unpaired) electrons. The van der Waals surface area contributed by atoms with E-state index in [1.807, 2.05) is 6.08 Å². The summed E-state index contributed by atoms with van der Waals surface area (Å²) in [6.45, 7) is 3.95. The van der Waals surface area contributed by atoms with Crippen LogP contribution in [0.25, 0.3) is 0 Å². The number of allylic oxidation sites excluding steroid dienone is 1. The third-order valence-corrected chi connectivity index (χ3v) is 8.51. The number of carbonyl (C=O) groups excluding carboxylic acids is 2. The summed E-state index contributed by atoms with van der Waals surface area (Å²) in [5, 5.41) is 29.8. The Morgan fingerprint density at radius 3 is 1.58 bits per heavy atom. The van der Waals surface area contributed by atoms with Gasteiger partial charge in [-0.25, -0.2) is 0 Å². The second-order valence-electron chi connectivity index (χ2n) is 13.0. The van der Waals surface area contributed by atoms with E-state index in [1.165, 1.54) is 89.9 Å². The lowest BCUT2D eigenvalue weighted by Gasteiger charge is -2.16. The number of rotatable bonds is 34. The van der Waals surface area contributed by atoms with E-state index in [0.29, 0.717) is 25.7 Å². The zero-order chi connectivity index (χ0) is 33.2. The fraction of sp³-hybridized carbons (Fsp3) is 0.895. The molecule has 0 saturated carbocycles. The first-order valence-corrected chi connectivity index (χ1v) is 18.9. The lowest BCUT2D eigenvalue weighted by molar-refractivity contribution is -0.161. The van der Waals surface area contributed by atoms with Crippen LogP contribution >= 0.6 is 0 Å². The highest BCUT2D eigenvalue weighted by molar-refractivity contribution is 5.70. The molecular weight excluding hydrogens is 568 g/mol. The molecule has 266 valence electrons. The van der Waals surface area contributed by atoms with Gasteiger partial charge in [-0.05, 0) is 38.5 Å². The van der Waals surface area contributed by atoms with Crippen LogP contribution in [0.15, 0.2) is 12.2 Å². The lowest BCUT2D eigenvalue weighted by Crippen LogP contribution is -2.28. The first kappa shape index (κ1) is 43.6. The fourth-order valence-corrected chi connectivity index (χ4v) is 5.46. The minimum Gasteiger partial charge on any atom is -0.462 e. The third kappa shape index (κ3) is 31.0. The largest absolute Gasteiger partial charge is 0.462 e. The number of unbranched alkanes of at least 4 members (excludes halogenated alkanes) is 20. The molecule has 0 amide bonds. The minimum absolute atomic E-state index is 0.117. The average molecular weight is 641 g/mol. The lowest BCUT2D eigenvalue weighted by atomic mass is 10.0. The summed E-state index contributed by atoms with van der Waals surface area (Å²) >= 11 is 0. The molecule has 45 heavy (non-hydrogen) atoms. The zero-order valence-electron chi connectivity index (χ0n) is 29.4. The molecule has 0 aromatic carbocycles. The van der Waals surface area contributed by atoms with Crippen molar-refractivity contribution in [2.24, 2.45) is 0 Å². The van der Waals surface area contributed by atoms with Gasteiger partial charge in [-0.2, -0.15) is 0 Å². The molecule has 0 aliphatic heterocycles. The van der Waals surface area contributed by atoms with Crippen LogP contribution in [0.2, 0.25) is 0 Å². The van der Waals surface area contributed by atoms with Crippen molar-refractivity contribution in [1.29, 1.82) is 0 Å². The molecule has 0 rings (SSSR count). The number of esters is 2. The molecule has 0 aromatic rings. The highest BCUT2D eigenvalue weighted by Gasteiger charge is 2.16. The Morgan fingerprint density at radius 1 is 0.578 bits per heavy atom. The Bertz CT molecular complexity index is 681. The molecular formula is C38H72O7. The van der Waals surface area contributed by atoms with E-state index in [-0.39, 0.29) is 31.6 Å². The minimum atomic E-state index is -0.813. The van der Waals surface area contributed by atoms with Crippen LogP contribution in [0.3, 0.4) is 0 Å². The van der Waals surface area contributed by atoms with E-state index in [1.54, 1.807) is 0 Å². The Hall–Kier alpha value is -1.44. The average Bonchev–Trinajstić information content (AvgIpc) is 3.04. The van der Waals surface area contributed by atoms with Crippen molar-refractivity contribution in [2.45, 2.75) is 206 Å². The zero-order valence-corrected chi connectivity index (χ0v) is 29.4. The predicted molar refractivity (Wildman–Crippen MR) is 185 cm³/mol. The van der Waals surface area contributed by atoms with Gasteiger partial charge in [0, 0.05) is 12.8 Å². The van der Waals surface area contributed by atoms with Crippen LogP contribution in [-0.2, 0) is 19.1 Å². The quantitative estimate of drug-likeness (QED) is 0.0365. The Labute approximate surface area is 276 Å². The van der Waals surface area contributed by atoms with Gasteiger partial charge >= 0.3 is 11.9 Å². The van der Waals surface area contributed by atoms with Crippen molar-refractivity contribution >= 4 is 11.9 Å². The molecule has 0 spiro atoms. The molecule has 0 unspecified atom stereocenters. The van der Waals surface area contributed by atoms with E-state index in [0.717, 1.165) is 51.4 Å². The Kier molecular flexibility index (Phi) is 32.8. The van der Waals surface area contributed by atoms with Crippen molar-refractivity contribution in [1.82, 2.24) is 0 Å². The maximum Gasteiger partial charge on any atom is 0.306 e. The fourth-order valence-electron chi connectivity index (χ4n) is 5.46. The van der Waals surface area contributed by atoms with Gasteiger partial charge in [0.1, 0.15) is 6.61 Å². The molecule has 0 fully saturated rings. The van der Waals surface area contributed by atoms with Crippen molar-refractivity contribution in [2.75, 3.05) is 13.2 Å². The highest BCUT2D eigenvalue weighted by Crippen LogP contribution is 2.15. The topological polar surface area (TPSA) is 113 Å². The first-order chi connectivity index (χ1) is 21.9. The summed E-state index contributed by atoms with van der Waals surface area (Å²) in [6, 6.07) is 0. The van der Waals surface area contributed by atoms with Crippen LogP contribution < -0.4 is 0 Å². The summed E-state index contributed by atoms with van der Waals surface area (Å²) in [5.74, 6) is -0.696. The van der Waals surface area contributed by atoms with Crippen molar-refractivity contribution in [3.8, 4) is 0 Å². The number of carbonyl (C=O) groups is 2. The van der Waals surface area contributed by atoms with Crippen LogP contribution in [0.5, 0.6) is 0 Å². The molecule has 0 aliphatic carbocycles. The normalized spacial score (nSPS) is 13.6. The monoisotopic (exact) mass is 641 g/mol. The number of hydrogen-bond acceptors (Lipinski definition) is 7. The number of hydrogen-bond donors (Lipinski definition) is 3. The molecule has 7 nitrogen and oxygen atoms in total. The molecule has 0 aromatic heterocycles. The molecule has 3 atom stereocenters. The Balaban J connectivity index is 3.67. The standard InChI is InChI=1S/C38H72O7/c1-3-5-7-9-11-12-13-14-15-16-17-18-22-27-31-38(43)45-34(32-39)33-44-37(42)30-26-23-19-21-25-29-36(41)35(40)28-24-20-10-8-6-4-2/h20,24,34-36,39-41H,3-19,21-23,25-33H2,1-2H3/b24-20-/t34-,35+,36+/m0/s1. The van der Waals surface area contributed by atoms with Crippen LogP contribution in [0.1, 0.15) is 187 Å². The van der Waals surface area contributed by atoms with Gasteiger partial charge in [-0.3, -0.25) is 9.59 Å². The predicted octanol–water partition coefficient (Wildman–Crippen LogP) is 9.28. The van der Waals surface area contributed by atoms with Gasteiger partial charge < -0.3 is 24.8 Å². The summed E-state index contributed by atoms with van der Waals surface area (Å²) in [5.41, 5.74) is 0. The van der Waals surface area contributed by atoms with Gasteiger partial charge in [0.2, 0.25) is 0 Å². The number of ether oxygens (including phenoxy) is 2. The molecule has 0 bridgehead atoms. The first-order valence-electron chi connectivity index (χ1n) is 18.9. The van der Waals surface area contributed by atoms with E-state index < -0.39 is 18.3 Å². The molecule has 3 N–H and O–H groups in total. The second kappa shape index (κ2) is 33.9. The van der Waals surface area contributed by atoms with Gasteiger partial charge in [0.15, 0.2) is 6.10 Å². The van der Waals surface area contributed by atoms with E-state index in [2.05, 4.69) is 19.9 Å². The van der Waals surface area contributed by atoms with Gasteiger partial charge in [0.25, 0.3) is 0 Å². The number of aliphatic hydroxyl groups excluding tert-OH is 3. The van der Waals surface area contributed by atoms with Crippen molar-refractivity contribution < 1.29 is 34.4 Å². The van der Waals surface area contributed by atoms with Crippen molar-refractivity contribution in [3.63, 3.8) is 0 Å². The Morgan fingerprint density at radius 2 is 1.04 bits per heavy atom. The van der Waals surface area contributed by atoms with E-state index in [9.17, 15) is 24.9 Å². The van der Waals surface area contributed by atoms with Gasteiger partial charge in [-0.1, -0.05) is 148 Å². The van der Waals surface area contributed by atoms with Crippen LogP contribution in [0.4, 0.5) is 0 Å². The van der Waals surface area contributed by atoms with E-state index in [4.69, 9.17) is 9.47 Å². The second-order valence-corrected chi connectivity index (χ2v) is 13.0. The smallest absolute Gasteiger partial charge is 0.306 e. The SMILES string of the molecule is CCCCC/C=C\C[C@@H](O)[C@H](O)CCCCCCCC(=O)OC[C@H](CO)OC(=O)CCCCCCCCCCCCCCCC. The summed E-state index contributed by atoms with van der Waals surface area (Å²) < 4.78 is 10.5. The molecule has 0 heterocycles.